The Morgan fingerprint density at radius 1 is 1.56 bits per heavy atom. The molecule has 0 aliphatic carbocycles. The maximum Gasteiger partial charge on any atom is 0.371 e. The molecule has 0 amide bonds. The summed E-state index contributed by atoms with van der Waals surface area (Å²) in [5, 5.41) is 17.5. The maximum atomic E-state index is 12.3. The number of carboxylic acid groups (broad SMARTS) is 1. The molecule has 1 rings (SSSR count). The highest BCUT2D eigenvalue weighted by atomic mass is 19.3. The quantitative estimate of drug-likeness (QED) is 0.776. The van der Waals surface area contributed by atoms with Gasteiger partial charge in [0.05, 0.1) is 13.2 Å². The molecule has 0 atom stereocenters. The average molecular weight is 263 g/mol. The van der Waals surface area contributed by atoms with Crippen molar-refractivity contribution in [3.8, 4) is 0 Å². The van der Waals surface area contributed by atoms with E-state index in [2.05, 4.69) is 0 Å². The number of rotatable bonds is 7. The van der Waals surface area contributed by atoms with E-state index in [-0.39, 0.29) is 25.5 Å². The second-order valence-corrected chi connectivity index (χ2v) is 3.85. The number of alkyl halides is 2. The molecule has 0 aliphatic heterocycles. The smallest absolute Gasteiger partial charge is 0.371 e. The summed E-state index contributed by atoms with van der Waals surface area (Å²) in [5.74, 6) is -1.04. The second kappa shape index (κ2) is 6.46. The van der Waals surface area contributed by atoms with Crippen LogP contribution in [0.4, 0.5) is 8.78 Å². The summed E-state index contributed by atoms with van der Waals surface area (Å²) < 4.78 is 29.6. The Bertz CT molecular complexity index is 406. The van der Waals surface area contributed by atoms with Gasteiger partial charge < -0.3 is 14.6 Å². The summed E-state index contributed by atoms with van der Waals surface area (Å²) in [6.07, 6.45) is -2.51. The highest BCUT2D eigenvalue weighted by Gasteiger charge is 2.17. The van der Waals surface area contributed by atoms with Gasteiger partial charge in [0.15, 0.2) is 0 Å². The first-order chi connectivity index (χ1) is 8.43. The molecular formula is C11H15F2NO4. The lowest BCUT2D eigenvalue weighted by Crippen LogP contribution is -2.31. The molecule has 0 radical (unpaired) electrons. The molecular weight excluding hydrogens is 248 g/mol. The number of hydrogen-bond donors (Lipinski definition) is 2. The van der Waals surface area contributed by atoms with Crippen LogP contribution >= 0.6 is 0 Å². The van der Waals surface area contributed by atoms with Gasteiger partial charge in [-0.15, -0.1) is 0 Å². The predicted octanol–water partition coefficient (Wildman–Crippen LogP) is 1.35. The van der Waals surface area contributed by atoms with Crippen LogP contribution < -0.4 is 0 Å². The van der Waals surface area contributed by atoms with Crippen LogP contribution in [0.1, 0.15) is 21.9 Å². The summed E-state index contributed by atoms with van der Waals surface area (Å²) >= 11 is 0. The number of aliphatic hydroxyl groups is 1. The molecule has 0 fully saturated rings. The van der Waals surface area contributed by atoms with Gasteiger partial charge in [-0.2, -0.15) is 0 Å². The van der Waals surface area contributed by atoms with Crippen LogP contribution in [0.15, 0.2) is 10.5 Å². The monoisotopic (exact) mass is 263 g/mol. The molecule has 1 heterocycles. The van der Waals surface area contributed by atoms with E-state index in [0.717, 1.165) is 0 Å². The highest BCUT2D eigenvalue weighted by Crippen LogP contribution is 2.17. The first-order valence-corrected chi connectivity index (χ1v) is 5.38. The van der Waals surface area contributed by atoms with Crippen LogP contribution in [-0.2, 0) is 6.54 Å². The Morgan fingerprint density at radius 2 is 2.22 bits per heavy atom. The lowest BCUT2D eigenvalue weighted by molar-refractivity contribution is 0.0660. The molecule has 0 saturated heterocycles. The van der Waals surface area contributed by atoms with Crippen LogP contribution in [0, 0.1) is 6.92 Å². The molecule has 18 heavy (non-hydrogen) atoms. The molecule has 5 nitrogen and oxygen atoms in total. The van der Waals surface area contributed by atoms with Crippen LogP contribution in [-0.4, -0.2) is 47.2 Å². The van der Waals surface area contributed by atoms with E-state index in [0.29, 0.717) is 11.3 Å². The zero-order valence-electron chi connectivity index (χ0n) is 9.90. The minimum atomic E-state index is -2.51. The third kappa shape index (κ3) is 4.08. The standard InChI is InChI=1S/C11H15F2NO4/c1-7-8(4-9(18-7)11(16)17)5-14(2-3-15)6-10(12)13/h4,10,15H,2-3,5-6H2,1H3,(H,16,17). The molecule has 0 spiro atoms. The zero-order chi connectivity index (χ0) is 13.7. The molecule has 0 unspecified atom stereocenters. The Labute approximate surface area is 103 Å². The third-order valence-electron chi connectivity index (χ3n) is 2.44. The molecule has 7 heteroatoms. The summed E-state index contributed by atoms with van der Waals surface area (Å²) in [7, 11) is 0. The van der Waals surface area contributed by atoms with Crippen molar-refractivity contribution in [1.29, 1.82) is 0 Å². The fourth-order valence-electron chi connectivity index (χ4n) is 1.59. The minimum absolute atomic E-state index is 0.0946. The van der Waals surface area contributed by atoms with Gasteiger partial charge in [-0.05, 0) is 13.0 Å². The molecule has 1 aromatic rings. The number of aliphatic hydroxyl groups excluding tert-OH is 1. The van der Waals surface area contributed by atoms with Crippen LogP contribution in [0.2, 0.25) is 0 Å². The van der Waals surface area contributed by atoms with E-state index in [9.17, 15) is 13.6 Å². The second-order valence-electron chi connectivity index (χ2n) is 3.85. The fourth-order valence-corrected chi connectivity index (χ4v) is 1.59. The van der Waals surface area contributed by atoms with Gasteiger partial charge in [0.2, 0.25) is 5.76 Å². The number of hydrogen-bond acceptors (Lipinski definition) is 4. The van der Waals surface area contributed by atoms with E-state index < -0.39 is 18.9 Å². The van der Waals surface area contributed by atoms with Gasteiger partial charge in [-0.25, -0.2) is 13.6 Å². The van der Waals surface area contributed by atoms with Crippen molar-refractivity contribution in [3.05, 3.63) is 23.2 Å². The molecule has 0 aromatic carbocycles. The minimum Gasteiger partial charge on any atom is -0.475 e. The van der Waals surface area contributed by atoms with Crippen molar-refractivity contribution >= 4 is 5.97 Å². The van der Waals surface area contributed by atoms with Crippen molar-refractivity contribution < 1.29 is 28.2 Å². The molecule has 0 aliphatic rings. The Hall–Kier alpha value is -1.47. The predicted molar refractivity (Wildman–Crippen MR) is 58.8 cm³/mol. The Balaban J connectivity index is 2.76. The van der Waals surface area contributed by atoms with Crippen molar-refractivity contribution in [2.45, 2.75) is 19.9 Å². The zero-order valence-corrected chi connectivity index (χ0v) is 9.90. The number of nitrogens with zero attached hydrogens (tertiary/aromatic N) is 1. The van der Waals surface area contributed by atoms with Crippen molar-refractivity contribution in [2.24, 2.45) is 0 Å². The van der Waals surface area contributed by atoms with Crippen molar-refractivity contribution in [3.63, 3.8) is 0 Å². The fraction of sp³-hybridized carbons (Fsp3) is 0.545. The summed E-state index contributed by atoms with van der Waals surface area (Å²) in [4.78, 5) is 12.0. The van der Waals surface area contributed by atoms with Gasteiger partial charge in [0.25, 0.3) is 6.43 Å². The van der Waals surface area contributed by atoms with E-state index in [1.165, 1.54) is 11.0 Å². The van der Waals surface area contributed by atoms with Gasteiger partial charge in [0, 0.05) is 18.7 Å². The molecule has 2 N–H and O–H groups in total. The third-order valence-corrected chi connectivity index (χ3v) is 2.44. The highest BCUT2D eigenvalue weighted by molar-refractivity contribution is 5.84. The maximum absolute atomic E-state index is 12.3. The molecule has 102 valence electrons. The number of halogens is 2. The topological polar surface area (TPSA) is 73.9 Å². The number of furan rings is 1. The van der Waals surface area contributed by atoms with E-state index in [1.807, 2.05) is 0 Å². The molecule has 0 bridgehead atoms. The average Bonchev–Trinajstić information content (AvgIpc) is 2.60. The molecule has 1 aromatic heterocycles. The van der Waals surface area contributed by atoms with Crippen molar-refractivity contribution in [2.75, 3.05) is 19.7 Å². The number of carboxylic acids is 1. The number of aryl methyl sites for hydroxylation is 1. The normalized spacial score (nSPS) is 11.4. The molecule has 0 saturated carbocycles. The van der Waals surface area contributed by atoms with Crippen LogP contribution in [0.3, 0.4) is 0 Å². The summed E-state index contributed by atoms with van der Waals surface area (Å²) in [5.41, 5.74) is 0.529. The SMILES string of the molecule is Cc1oc(C(=O)O)cc1CN(CCO)CC(F)F. The lowest BCUT2D eigenvalue weighted by Gasteiger charge is -2.20. The Morgan fingerprint density at radius 3 is 2.67 bits per heavy atom. The van der Waals surface area contributed by atoms with Gasteiger partial charge in [-0.3, -0.25) is 4.90 Å². The Kier molecular flexibility index (Phi) is 5.24. The first kappa shape index (κ1) is 14.6. The van der Waals surface area contributed by atoms with Gasteiger partial charge >= 0.3 is 5.97 Å². The number of aromatic carboxylic acids is 1. The largest absolute Gasteiger partial charge is 0.475 e. The number of carbonyl (C=O) groups is 1. The summed E-state index contributed by atoms with van der Waals surface area (Å²) in [6.45, 7) is 1.06. The van der Waals surface area contributed by atoms with E-state index >= 15 is 0 Å². The van der Waals surface area contributed by atoms with Crippen LogP contribution in [0.5, 0.6) is 0 Å². The summed E-state index contributed by atoms with van der Waals surface area (Å²) in [6, 6.07) is 1.31. The lowest BCUT2D eigenvalue weighted by atomic mass is 10.2. The van der Waals surface area contributed by atoms with E-state index in [1.54, 1.807) is 6.92 Å². The first-order valence-electron chi connectivity index (χ1n) is 5.38. The van der Waals surface area contributed by atoms with Gasteiger partial charge in [0.1, 0.15) is 5.76 Å². The van der Waals surface area contributed by atoms with Gasteiger partial charge in [-0.1, -0.05) is 0 Å². The van der Waals surface area contributed by atoms with Crippen molar-refractivity contribution in [1.82, 2.24) is 4.90 Å². The van der Waals surface area contributed by atoms with E-state index in [4.69, 9.17) is 14.6 Å². The van der Waals surface area contributed by atoms with Crippen LogP contribution in [0.25, 0.3) is 0 Å².